The van der Waals surface area contributed by atoms with Gasteiger partial charge in [0, 0.05) is 14.3 Å². The molecule has 0 bridgehead atoms. The minimum Gasteiger partial charge on any atom is -0.0791 e. The van der Waals surface area contributed by atoms with Crippen LogP contribution in [0.5, 0.6) is 0 Å². The fourth-order valence-electron chi connectivity index (χ4n) is 6.14. The van der Waals surface area contributed by atoms with Gasteiger partial charge in [-0.05, 0) is 39.6 Å². The van der Waals surface area contributed by atoms with Crippen molar-refractivity contribution in [3.63, 3.8) is 0 Å². The van der Waals surface area contributed by atoms with Crippen LogP contribution in [0.3, 0.4) is 0 Å². The molecule has 30 heavy (non-hydrogen) atoms. The SMILES string of the molecule is C[Si](C)CCC1=Cc2ccccc2C1[Si](C)(CC(C)(C)C)C1C=Cc2ccccc21. The maximum Gasteiger partial charge on any atom is 0.0753 e. The minimum atomic E-state index is -1.80. The standard InChI is InChI=1S/C28H37Si2/c1-28(2,3)20-30(6,26-16-15-21-11-7-9-13-24(21)26)27-23(17-18-29(4)5)19-22-12-8-10-14-25(22)27/h7-16,19,26-27H,17-18,20H2,1-6H3. The molecule has 0 saturated heterocycles. The molecule has 0 spiro atoms. The lowest BCUT2D eigenvalue weighted by atomic mass is 10.0. The highest BCUT2D eigenvalue weighted by Crippen LogP contribution is 2.54. The third-order valence-electron chi connectivity index (χ3n) is 7.01. The van der Waals surface area contributed by atoms with Gasteiger partial charge in [0.25, 0.3) is 0 Å². The lowest BCUT2D eigenvalue weighted by Gasteiger charge is -2.45. The van der Waals surface area contributed by atoms with Crippen LogP contribution in [-0.4, -0.2) is 16.9 Å². The third kappa shape index (κ3) is 4.09. The van der Waals surface area contributed by atoms with Crippen molar-refractivity contribution in [1.82, 2.24) is 0 Å². The van der Waals surface area contributed by atoms with Crippen molar-refractivity contribution in [2.75, 3.05) is 0 Å². The molecule has 2 aliphatic carbocycles. The molecule has 0 aliphatic heterocycles. The van der Waals surface area contributed by atoms with Crippen LogP contribution in [0.15, 0.2) is 60.2 Å². The van der Waals surface area contributed by atoms with Gasteiger partial charge in [-0.1, -0.05) is 125 Å². The second-order valence-electron chi connectivity index (χ2n) is 11.2. The monoisotopic (exact) mass is 429 g/mol. The van der Waals surface area contributed by atoms with Crippen molar-refractivity contribution in [2.24, 2.45) is 5.41 Å². The van der Waals surface area contributed by atoms with E-state index in [0.29, 0.717) is 16.5 Å². The summed E-state index contributed by atoms with van der Waals surface area (Å²) in [5.74, 6) is 0. The molecule has 0 fully saturated rings. The Morgan fingerprint density at radius 3 is 2.20 bits per heavy atom. The van der Waals surface area contributed by atoms with Gasteiger partial charge in [-0.25, -0.2) is 0 Å². The van der Waals surface area contributed by atoms with Gasteiger partial charge < -0.3 is 0 Å². The Morgan fingerprint density at radius 2 is 1.53 bits per heavy atom. The molecule has 0 heterocycles. The van der Waals surface area contributed by atoms with Crippen molar-refractivity contribution < 1.29 is 0 Å². The molecule has 2 aromatic carbocycles. The highest BCUT2D eigenvalue weighted by Gasteiger charge is 2.50. The summed E-state index contributed by atoms with van der Waals surface area (Å²) in [7, 11) is -2.02. The number of benzene rings is 2. The van der Waals surface area contributed by atoms with Crippen LogP contribution < -0.4 is 0 Å². The van der Waals surface area contributed by atoms with Crippen molar-refractivity contribution in [3.05, 3.63) is 82.4 Å². The van der Waals surface area contributed by atoms with Crippen LogP contribution in [0.25, 0.3) is 12.2 Å². The van der Waals surface area contributed by atoms with E-state index in [-0.39, 0.29) is 8.80 Å². The van der Waals surface area contributed by atoms with Gasteiger partial charge >= 0.3 is 0 Å². The molecular formula is C28H37Si2. The summed E-state index contributed by atoms with van der Waals surface area (Å²) in [6.45, 7) is 15.0. The third-order valence-corrected chi connectivity index (χ3v) is 14.0. The molecule has 2 aromatic rings. The van der Waals surface area contributed by atoms with Crippen molar-refractivity contribution >= 4 is 29.0 Å². The lowest BCUT2D eigenvalue weighted by Crippen LogP contribution is -2.47. The van der Waals surface area contributed by atoms with E-state index in [0.717, 1.165) is 0 Å². The summed E-state index contributed by atoms with van der Waals surface area (Å²) < 4.78 is 0. The van der Waals surface area contributed by atoms with E-state index >= 15 is 0 Å². The Hall–Kier alpha value is -1.65. The molecule has 0 N–H and O–H groups in total. The van der Waals surface area contributed by atoms with Crippen molar-refractivity contribution in [2.45, 2.75) is 70.0 Å². The molecule has 1 radical (unpaired) electrons. The molecule has 2 aliphatic rings. The zero-order chi connectivity index (χ0) is 21.5. The lowest BCUT2D eigenvalue weighted by molar-refractivity contribution is 0.456. The summed E-state index contributed by atoms with van der Waals surface area (Å²) in [6.07, 6.45) is 8.82. The molecule has 0 nitrogen and oxygen atoms in total. The first kappa shape index (κ1) is 21.6. The summed E-state index contributed by atoms with van der Waals surface area (Å²) >= 11 is 0. The van der Waals surface area contributed by atoms with E-state index in [1.165, 1.54) is 29.6 Å². The van der Waals surface area contributed by atoms with Gasteiger partial charge in [-0.2, -0.15) is 0 Å². The Morgan fingerprint density at radius 1 is 0.900 bits per heavy atom. The highest BCUT2D eigenvalue weighted by molar-refractivity contribution is 6.83. The predicted octanol–water partition coefficient (Wildman–Crippen LogP) is 8.33. The van der Waals surface area contributed by atoms with Gasteiger partial charge in [0.2, 0.25) is 0 Å². The average molecular weight is 430 g/mol. The van der Waals surface area contributed by atoms with Crippen LogP contribution in [-0.2, 0) is 0 Å². The van der Waals surface area contributed by atoms with E-state index in [1.807, 2.05) is 0 Å². The first-order chi connectivity index (χ1) is 14.2. The Bertz CT molecular complexity index is 976. The van der Waals surface area contributed by atoms with Crippen molar-refractivity contribution in [3.8, 4) is 0 Å². The van der Waals surface area contributed by atoms with Gasteiger partial charge in [0.1, 0.15) is 0 Å². The smallest absolute Gasteiger partial charge is 0.0753 e. The largest absolute Gasteiger partial charge is 0.0791 e. The molecule has 4 rings (SSSR count). The number of fused-ring (bicyclic) bond motifs is 2. The number of allylic oxidation sites excluding steroid dienone is 2. The van der Waals surface area contributed by atoms with Crippen LogP contribution in [0.1, 0.15) is 60.5 Å². The van der Waals surface area contributed by atoms with Gasteiger partial charge in [0.15, 0.2) is 0 Å². The van der Waals surface area contributed by atoms with E-state index in [4.69, 9.17) is 0 Å². The molecule has 0 saturated carbocycles. The molecule has 3 unspecified atom stereocenters. The van der Waals surface area contributed by atoms with Crippen LogP contribution in [0.4, 0.5) is 0 Å². The highest BCUT2D eigenvalue weighted by atomic mass is 28.3. The average Bonchev–Trinajstić information content (AvgIpc) is 3.27. The molecule has 3 atom stereocenters. The van der Waals surface area contributed by atoms with Gasteiger partial charge in [0.05, 0.1) is 8.07 Å². The summed E-state index contributed by atoms with van der Waals surface area (Å²) in [5.41, 5.74) is 9.43. The zero-order valence-electron chi connectivity index (χ0n) is 19.6. The molecule has 2 heteroatoms. The summed E-state index contributed by atoms with van der Waals surface area (Å²) in [4.78, 5) is 0. The van der Waals surface area contributed by atoms with Crippen molar-refractivity contribution in [1.29, 1.82) is 0 Å². The first-order valence-electron chi connectivity index (χ1n) is 11.5. The second kappa shape index (κ2) is 8.13. The predicted molar refractivity (Wildman–Crippen MR) is 138 cm³/mol. The van der Waals surface area contributed by atoms with E-state index < -0.39 is 8.07 Å². The summed E-state index contributed by atoms with van der Waals surface area (Å²) in [6, 6.07) is 21.1. The Kier molecular flexibility index (Phi) is 5.85. The fourth-order valence-corrected chi connectivity index (χ4v) is 13.6. The molecular weight excluding hydrogens is 392 g/mol. The minimum absolute atomic E-state index is 0.217. The maximum absolute atomic E-state index is 2.72. The van der Waals surface area contributed by atoms with Crippen LogP contribution >= 0.6 is 0 Å². The van der Waals surface area contributed by atoms with Gasteiger partial charge in [-0.3, -0.25) is 0 Å². The summed E-state index contributed by atoms with van der Waals surface area (Å²) in [5, 5.41) is 0. The topological polar surface area (TPSA) is 0 Å². The quantitative estimate of drug-likeness (QED) is 0.405. The molecule has 157 valence electrons. The van der Waals surface area contributed by atoms with E-state index in [1.54, 1.807) is 16.7 Å². The first-order valence-corrected chi connectivity index (χ1v) is 17.1. The van der Waals surface area contributed by atoms with Crippen LogP contribution in [0.2, 0.25) is 31.7 Å². The zero-order valence-corrected chi connectivity index (χ0v) is 21.6. The Balaban J connectivity index is 1.84. The number of rotatable bonds is 6. The fraction of sp³-hybridized carbons (Fsp3) is 0.429. The van der Waals surface area contributed by atoms with E-state index in [2.05, 4.69) is 107 Å². The number of hydrogen-bond acceptors (Lipinski definition) is 0. The van der Waals surface area contributed by atoms with E-state index in [9.17, 15) is 0 Å². The number of hydrogen-bond donors (Lipinski definition) is 0. The Labute approximate surface area is 186 Å². The molecule has 0 amide bonds. The van der Waals surface area contributed by atoms with Crippen LogP contribution in [0, 0.1) is 5.41 Å². The molecule has 0 aromatic heterocycles. The normalized spacial score (nSPS) is 22.0. The maximum atomic E-state index is 2.72. The second-order valence-corrected chi connectivity index (χ2v) is 18.7. The van der Waals surface area contributed by atoms with Gasteiger partial charge in [-0.15, -0.1) is 0 Å².